The van der Waals surface area contributed by atoms with Crippen molar-refractivity contribution < 1.29 is 4.92 Å². The Hall–Kier alpha value is -1.82. The number of hydrogen-bond acceptors (Lipinski definition) is 4. The Bertz CT molecular complexity index is 657. The Morgan fingerprint density at radius 2 is 2.40 bits per heavy atom. The minimum atomic E-state index is -0.403. The van der Waals surface area contributed by atoms with Crippen LogP contribution in [0.2, 0.25) is 0 Å². The largest absolute Gasteiger partial charge is 0.338 e. The molecule has 106 valence electrons. The highest BCUT2D eigenvalue weighted by molar-refractivity contribution is 6.18. The van der Waals surface area contributed by atoms with Gasteiger partial charge in [0, 0.05) is 30.6 Å². The monoisotopic (exact) mass is 294 g/mol. The predicted molar refractivity (Wildman–Crippen MR) is 78.4 cm³/mol. The molecule has 0 spiro atoms. The summed E-state index contributed by atoms with van der Waals surface area (Å²) in [5, 5.41) is 10.8. The van der Waals surface area contributed by atoms with Crippen LogP contribution in [0.5, 0.6) is 0 Å². The number of nitro benzene ring substituents is 1. The number of halogens is 1. The molecule has 2 atom stereocenters. The molecule has 0 bridgehead atoms. The van der Waals surface area contributed by atoms with Crippen LogP contribution in [0.4, 0.5) is 11.6 Å². The van der Waals surface area contributed by atoms with Gasteiger partial charge in [-0.15, -0.1) is 11.6 Å². The quantitative estimate of drug-likeness (QED) is 0.536. The fourth-order valence-corrected chi connectivity index (χ4v) is 3.21. The minimum Gasteiger partial charge on any atom is -0.338 e. The summed E-state index contributed by atoms with van der Waals surface area (Å²) in [5.74, 6) is 1.82. The zero-order valence-electron chi connectivity index (χ0n) is 11.0. The van der Waals surface area contributed by atoms with Crippen molar-refractivity contribution in [2.75, 3.05) is 17.3 Å². The molecule has 20 heavy (non-hydrogen) atoms. The first kappa shape index (κ1) is 13.2. The first-order valence-corrected chi connectivity index (χ1v) is 7.10. The number of non-ortho nitro benzene ring substituents is 1. The lowest BCUT2D eigenvalue weighted by Crippen LogP contribution is -2.34. The molecular weight excluding hydrogens is 280 g/mol. The Balaban J connectivity index is 1.98. The van der Waals surface area contributed by atoms with Crippen molar-refractivity contribution in [2.45, 2.75) is 19.4 Å². The molecule has 1 aliphatic rings. The van der Waals surface area contributed by atoms with Gasteiger partial charge < -0.3 is 9.88 Å². The van der Waals surface area contributed by atoms with Crippen molar-refractivity contribution in [2.24, 2.45) is 5.92 Å². The fourth-order valence-electron chi connectivity index (χ4n) is 2.74. The summed E-state index contributed by atoms with van der Waals surface area (Å²) < 4.78 is 0. The number of benzene rings is 1. The second kappa shape index (κ2) is 4.94. The molecule has 7 heteroatoms. The van der Waals surface area contributed by atoms with Crippen LogP contribution in [-0.2, 0) is 0 Å². The van der Waals surface area contributed by atoms with E-state index in [1.165, 1.54) is 12.1 Å². The highest BCUT2D eigenvalue weighted by Crippen LogP contribution is 2.30. The van der Waals surface area contributed by atoms with Crippen LogP contribution in [-0.4, -0.2) is 33.4 Å². The molecule has 0 amide bonds. The third-order valence-corrected chi connectivity index (χ3v) is 4.29. The van der Waals surface area contributed by atoms with Gasteiger partial charge in [0.05, 0.1) is 16.0 Å². The standard InChI is InChI=1S/C13H15ClN4O2/c1-8-4-5-17(12(8)7-14)13-15-10-3-2-9(18(19)20)6-11(10)16-13/h2-3,6,8,12H,4-5,7H2,1H3,(H,15,16). The maximum atomic E-state index is 10.8. The average Bonchev–Trinajstić information content (AvgIpc) is 3.00. The molecule has 1 saturated heterocycles. The van der Waals surface area contributed by atoms with Gasteiger partial charge in [0.2, 0.25) is 5.95 Å². The molecule has 0 saturated carbocycles. The van der Waals surface area contributed by atoms with E-state index in [4.69, 9.17) is 11.6 Å². The molecule has 1 aliphatic heterocycles. The van der Waals surface area contributed by atoms with E-state index in [0.717, 1.165) is 24.4 Å². The first-order valence-electron chi connectivity index (χ1n) is 6.57. The molecule has 1 aromatic carbocycles. The Morgan fingerprint density at radius 1 is 1.60 bits per heavy atom. The number of nitro groups is 1. The van der Waals surface area contributed by atoms with Crippen LogP contribution in [0.25, 0.3) is 11.0 Å². The second-order valence-corrected chi connectivity index (χ2v) is 5.51. The van der Waals surface area contributed by atoms with E-state index in [9.17, 15) is 10.1 Å². The number of nitrogens with one attached hydrogen (secondary N) is 1. The zero-order chi connectivity index (χ0) is 14.3. The summed E-state index contributed by atoms with van der Waals surface area (Å²) in [6.07, 6.45) is 1.08. The zero-order valence-corrected chi connectivity index (χ0v) is 11.8. The van der Waals surface area contributed by atoms with E-state index >= 15 is 0 Å². The number of aromatic nitrogens is 2. The molecule has 1 aromatic heterocycles. The second-order valence-electron chi connectivity index (χ2n) is 5.20. The maximum absolute atomic E-state index is 10.8. The number of anilines is 1. The molecule has 0 radical (unpaired) electrons. The molecular formula is C13H15ClN4O2. The summed E-state index contributed by atoms with van der Waals surface area (Å²) in [6.45, 7) is 3.08. The SMILES string of the molecule is CC1CCN(c2nc3ccc([N+](=O)[O-])cc3[nH]2)C1CCl. The number of H-pyrrole nitrogens is 1. The first-order chi connectivity index (χ1) is 9.60. The van der Waals surface area contributed by atoms with Gasteiger partial charge in [-0.05, 0) is 18.4 Å². The summed E-state index contributed by atoms with van der Waals surface area (Å²) in [7, 11) is 0. The third kappa shape index (κ3) is 2.10. The smallest absolute Gasteiger partial charge is 0.271 e. The number of alkyl halides is 1. The van der Waals surface area contributed by atoms with Crippen LogP contribution in [0.15, 0.2) is 18.2 Å². The van der Waals surface area contributed by atoms with Gasteiger partial charge in [-0.2, -0.15) is 0 Å². The third-order valence-electron chi connectivity index (χ3n) is 3.98. The minimum absolute atomic E-state index is 0.0661. The fraction of sp³-hybridized carbons (Fsp3) is 0.462. The lowest BCUT2D eigenvalue weighted by Gasteiger charge is -2.24. The van der Waals surface area contributed by atoms with Gasteiger partial charge in [0.1, 0.15) is 0 Å². The number of nitrogens with zero attached hydrogens (tertiary/aromatic N) is 3. The van der Waals surface area contributed by atoms with E-state index in [1.54, 1.807) is 6.07 Å². The number of hydrogen-bond donors (Lipinski definition) is 1. The number of rotatable bonds is 3. The van der Waals surface area contributed by atoms with Gasteiger partial charge in [0.15, 0.2) is 0 Å². The van der Waals surface area contributed by atoms with Gasteiger partial charge in [-0.25, -0.2) is 4.98 Å². The summed E-state index contributed by atoms with van der Waals surface area (Å²) in [4.78, 5) is 20.2. The van der Waals surface area contributed by atoms with E-state index in [1.807, 2.05) is 0 Å². The Labute approximate surface area is 120 Å². The number of fused-ring (bicyclic) bond motifs is 1. The summed E-state index contributed by atoms with van der Waals surface area (Å²) >= 11 is 6.04. The van der Waals surface area contributed by atoms with E-state index in [2.05, 4.69) is 21.8 Å². The Morgan fingerprint density at radius 3 is 3.10 bits per heavy atom. The average molecular weight is 295 g/mol. The van der Waals surface area contributed by atoms with Crippen LogP contribution in [0, 0.1) is 16.0 Å². The van der Waals surface area contributed by atoms with Crippen LogP contribution in [0.1, 0.15) is 13.3 Å². The molecule has 2 aromatic rings. The van der Waals surface area contributed by atoms with Crippen LogP contribution < -0.4 is 4.90 Å². The lowest BCUT2D eigenvalue weighted by atomic mass is 10.1. The van der Waals surface area contributed by atoms with E-state index < -0.39 is 4.92 Å². The van der Waals surface area contributed by atoms with Gasteiger partial charge in [-0.3, -0.25) is 10.1 Å². The van der Waals surface area contributed by atoms with Gasteiger partial charge in [0.25, 0.3) is 5.69 Å². The van der Waals surface area contributed by atoms with E-state index in [0.29, 0.717) is 17.3 Å². The predicted octanol–water partition coefficient (Wildman–Crippen LogP) is 2.92. The molecule has 3 rings (SSSR count). The summed E-state index contributed by atoms with van der Waals surface area (Å²) in [5.41, 5.74) is 1.48. The van der Waals surface area contributed by atoms with Gasteiger partial charge >= 0.3 is 0 Å². The van der Waals surface area contributed by atoms with Crippen molar-refractivity contribution in [1.29, 1.82) is 0 Å². The van der Waals surface area contributed by atoms with Gasteiger partial charge in [-0.1, -0.05) is 6.92 Å². The molecule has 2 unspecified atom stereocenters. The van der Waals surface area contributed by atoms with Crippen LogP contribution >= 0.6 is 11.6 Å². The van der Waals surface area contributed by atoms with Crippen molar-refractivity contribution >= 4 is 34.3 Å². The highest BCUT2D eigenvalue weighted by atomic mass is 35.5. The normalized spacial score (nSPS) is 22.6. The number of aromatic amines is 1. The molecule has 2 heterocycles. The lowest BCUT2D eigenvalue weighted by molar-refractivity contribution is -0.384. The van der Waals surface area contributed by atoms with Crippen molar-refractivity contribution in [3.8, 4) is 0 Å². The molecule has 1 N–H and O–H groups in total. The molecule has 6 nitrogen and oxygen atoms in total. The summed E-state index contributed by atoms with van der Waals surface area (Å²) in [6, 6.07) is 4.91. The molecule has 0 aliphatic carbocycles. The van der Waals surface area contributed by atoms with Crippen molar-refractivity contribution in [1.82, 2.24) is 9.97 Å². The number of imidazole rings is 1. The van der Waals surface area contributed by atoms with Crippen molar-refractivity contribution in [3.63, 3.8) is 0 Å². The topological polar surface area (TPSA) is 75.1 Å². The maximum Gasteiger partial charge on any atom is 0.271 e. The van der Waals surface area contributed by atoms with E-state index in [-0.39, 0.29) is 11.7 Å². The van der Waals surface area contributed by atoms with Crippen LogP contribution in [0.3, 0.4) is 0 Å². The van der Waals surface area contributed by atoms with Crippen molar-refractivity contribution in [3.05, 3.63) is 28.3 Å². The Kier molecular flexibility index (Phi) is 3.25. The highest BCUT2D eigenvalue weighted by Gasteiger charge is 2.32. The molecule has 1 fully saturated rings.